The van der Waals surface area contributed by atoms with Crippen molar-refractivity contribution in [2.45, 2.75) is 32.5 Å². The fourth-order valence-corrected chi connectivity index (χ4v) is 1.43. The van der Waals surface area contributed by atoms with Crippen LogP contribution < -0.4 is 5.32 Å². The molecule has 0 bridgehead atoms. The van der Waals surface area contributed by atoms with Crippen molar-refractivity contribution in [2.75, 3.05) is 13.1 Å². The Morgan fingerprint density at radius 1 is 1.44 bits per heavy atom. The van der Waals surface area contributed by atoms with Crippen molar-refractivity contribution in [3.8, 4) is 0 Å². The average molecular weight is 235 g/mol. The number of nitrogens with one attached hydrogen (secondary N) is 1. The van der Waals surface area contributed by atoms with E-state index in [0.717, 1.165) is 18.7 Å². The van der Waals surface area contributed by atoms with Crippen LogP contribution in [0.2, 0.25) is 0 Å². The van der Waals surface area contributed by atoms with E-state index in [1.807, 2.05) is 11.5 Å². The monoisotopic (exact) mass is 235 g/mol. The Morgan fingerprint density at radius 3 is 2.81 bits per heavy atom. The highest BCUT2D eigenvalue weighted by atomic mass is 19.4. The van der Waals surface area contributed by atoms with Crippen molar-refractivity contribution in [2.24, 2.45) is 0 Å². The Kier molecular flexibility index (Phi) is 4.79. The molecule has 0 atom stereocenters. The van der Waals surface area contributed by atoms with E-state index in [0.29, 0.717) is 13.1 Å². The number of nitrogens with zero attached hydrogens (tertiary/aromatic N) is 2. The fourth-order valence-electron chi connectivity index (χ4n) is 1.43. The van der Waals surface area contributed by atoms with Gasteiger partial charge in [-0.2, -0.15) is 13.2 Å². The molecule has 0 saturated heterocycles. The Balaban J connectivity index is 2.29. The highest BCUT2D eigenvalue weighted by molar-refractivity contribution is 4.92. The van der Waals surface area contributed by atoms with E-state index in [4.69, 9.17) is 0 Å². The largest absolute Gasteiger partial charge is 0.401 e. The smallest absolute Gasteiger partial charge is 0.334 e. The highest BCUT2D eigenvalue weighted by Crippen LogP contribution is 2.11. The maximum atomic E-state index is 11.8. The molecular formula is C10H16F3N3. The third-order valence-corrected chi connectivity index (χ3v) is 2.13. The molecule has 0 radical (unpaired) electrons. The van der Waals surface area contributed by atoms with Crippen LogP contribution >= 0.6 is 0 Å². The van der Waals surface area contributed by atoms with Gasteiger partial charge in [-0.3, -0.25) is 0 Å². The third-order valence-electron chi connectivity index (χ3n) is 2.13. The summed E-state index contributed by atoms with van der Waals surface area (Å²) in [6.45, 7) is 1.92. The molecule has 16 heavy (non-hydrogen) atoms. The lowest BCUT2D eigenvalue weighted by Crippen LogP contribution is -2.31. The minimum absolute atomic E-state index is 0.298. The molecule has 0 fully saturated rings. The number of hydrogen-bond acceptors (Lipinski definition) is 2. The van der Waals surface area contributed by atoms with Gasteiger partial charge in [-0.25, -0.2) is 4.98 Å². The standard InChI is InChI=1S/C10H16F3N3/c1-2-3-9-15-5-7-16(9)6-4-14-8-10(11,12)13/h5,7,14H,2-4,6,8H2,1H3. The molecule has 1 N–H and O–H groups in total. The van der Waals surface area contributed by atoms with E-state index in [1.165, 1.54) is 0 Å². The van der Waals surface area contributed by atoms with Gasteiger partial charge in [0.2, 0.25) is 0 Å². The van der Waals surface area contributed by atoms with Crippen molar-refractivity contribution in [1.29, 1.82) is 0 Å². The molecule has 92 valence electrons. The van der Waals surface area contributed by atoms with Crippen LogP contribution in [0.3, 0.4) is 0 Å². The second-order valence-corrected chi connectivity index (χ2v) is 3.58. The lowest BCUT2D eigenvalue weighted by Gasteiger charge is -2.10. The second kappa shape index (κ2) is 5.89. The SMILES string of the molecule is CCCc1nccn1CCNCC(F)(F)F. The van der Waals surface area contributed by atoms with Crippen LogP contribution in [0.1, 0.15) is 19.2 Å². The summed E-state index contributed by atoms with van der Waals surface area (Å²) in [7, 11) is 0. The molecule has 6 heteroatoms. The van der Waals surface area contributed by atoms with Crippen molar-refractivity contribution < 1.29 is 13.2 Å². The first kappa shape index (κ1) is 13.0. The van der Waals surface area contributed by atoms with Gasteiger partial charge < -0.3 is 9.88 Å². The molecule has 1 heterocycles. The number of hydrogen-bond donors (Lipinski definition) is 1. The summed E-state index contributed by atoms with van der Waals surface area (Å²) in [4.78, 5) is 4.15. The topological polar surface area (TPSA) is 29.9 Å². The van der Waals surface area contributed by atoms with Crippen molar-refractivity contribution >= 4 is 0 Å². The fraction of sp³-hybridized carbons (Fsp3) is 0.700. The van der Waals surface area contributed by atoms with Crippen LogP contribution in [0, 0.1) is 0 Å². The molecule has 3 nitrogen and oxygen atoms in total. The number of aryl methyl sites for hydroxylation is 1. The molecule has 1 rings (SSSR count). The van der Waals surface area contributed by atoms with Gasteiger partial charge in [0.1, 0.15) is 5.82 Å². The summed E-state index contributed by atoms with van der Waals surface area (Å²) in [5.74, 6) is 0.927. The number of aromatic nitrogens is 2. The van der Waals surface area contributed by atoms with Gasteiger partial charge in [0, 0.05) is 31.9 Å². The molecule has 0 unspecified atom stereocenters. The van der Waals surface area contributed by atoms with Crippen LogP contribution in [-0.4, -0.2) is 28.8 Å². The van der Waals surface area contributed by atoms with Crippen LogP contribution in [0.4, 0.5) is 13.2 Å². The number of alkyl halides is 3. The molecule has 1 aromatic heterocycles. The van der Waals surface area contributed by atoms with Crippen LogP contribution in [-0.2, 0) is 13.0 Å². The van der Waals surface area contributed by atoms with Gasteiger partial charge in [-0.05, 0) is 6.42 Å². The molecule has 0 aliphatic rings. The molecule has 0 spiro atoms. The van der Waals surface area contributed by atoms with Crippen molar-refractivity contribution in [3.05, 3.63) is 18.2 Å². The molecule has 0 aromatic carbocycles. The van der Waals surface area contributed by atoms with E-state index in [1.54, 1.807) is 12.4 Å². The Labute approximate surface area is 92.7 Å². The Bertz CT molecular complexity index is 307. The van der Waals surface area contributed by atoms with Crippen LogP contribution in [0.5, 0.6) is 0 Å². The van der Waals surface area contributed by atoms with Gasteiger partial charge in [-0.15, -0.1) is 0 Å². The lowest BCUT2D eigenvalue weighted by molar-refractivity contribution is -0.124. The quantitative estimate of drug-likeness (QED) is 0.764. The van der Waals surface area contributed by atoms with Gasteiger partial charge in [0.15, 0.2) is 0 Å². The van der Waals surface area contributed by atoms with Crippen molar-refractivity contribution in [1.82, 2.24) is 14.9 Å². The zero-order valence-corrected chi connectivity index (χ0v) is 9.22. The summed E-state index contributed by atoms with van der Waals surface area (Å²) in [5.41, 5.74) is 0. The minimum atomic E-state index is -4.14. The molecule has 0 aliphatic carbocycles. The average Bonchev–Trinajstić information content (AvgIpc) is 2.60. The Hall–Kier alpha value is -1.04. The lowest BCUT2D eigenvalue weighted by atomic mass is 10.3. The van der Waals surface area contributed by atoms with E-state index in [9.17, 15) is 13.2 Å². The molecule has 0 saturated carbocycles. The predicted molar refractivity (Wildman–Crippen MR) is 55.1 cm³/mol. The normalized spacial score (nSPS) is 12.0. The third kappa shape index (κ3) is 4.65. The van der Waals surface area contributed by atoms with Gasteiger partial charge in [-0.1, -0.05) is 6.92 Å². The first-order chi connectivity index (χ1) is 7.53. The summed E-state index contributed by atoms with van der Waals surface area (Å²) >= 11 is 0. The summed E-state index contributed by atoms with van der Waals surface area (Å²) < 4.78 is 37.4. The van der Waals surface area contributed by atoms with Gasteiger partial charge in [0.25, 0.3) is 0 Å². The van der Waals surface area contributed by atoms with E-state index >= 15 is 0 Å². The molecule has 0 aliphatic heterocycles. The Morgan fingerprint density at radius 2 is 2.19 bits per heavy atom. The summed E-state index contributed by atoms with van der Waals surface area (Å²) in [5, 5.41) is 2.36. The molecular weight excluding hydrogens is 219 g/mol. The zero-order valence-electron chi connectivity index (χ0n) is 9.22. The van der Waals surface area contributed by atoms with Gasteiger partial charge in [0.05, 0.1) is 6.54 Å². The maximum Gasteiger partial charge on any atom is 0.401 e. The predicted octanol–water partition coefficient (Wildman–Crippen LogP) is 1.99. The van der Waals surface area contributed by atoms with Crippen LogP contribution in [0.15, 0.2) is 12.4 Å². The summed E-state index contributed by atoms with van der Waals surface area (Å²) in [6, 6.07) is 0. The minimum Gasteiger partial charge on any atom is -0.334 e. The van der Waals surface area contributed by atoms with Crippen molar-refractivity contribution in [3.63, 3.8) is 0 Å². The number of imidazole rings is 1. The zero-order chi connectivity index (χ0) is 12.0. The highest BCUT2D eigenvalue weighted by Gasteiger charge is 2.25. The van der Waals surface area contributed by atoms with E-state index in [-0.39, 0.29) is 0 Å². The maximum absolute atomic E-state index is 11.8. The molecule has 1 aromatic rings. The van der Waals surface area contributed by atoms with E-state index < -0.39 is 12.7 Å². The number of rotatable bonds is 6. The van der Waals surface area contributed by atoms with Gasteiger partial charge >= 0.3 is 6.18 Å². The second-order valence-electron chi connectivity index (χ2n) is 3.58. The van der Waals surface area contributed by atoms with Crippen LogP contribution in [0.25, 0.3) is 0 Å². The number of halogens is 3. The molecule has 0 amide bonds. The van der Waals surface area contributed by atoms with E-state index in [2.05, 4.69) is 10.3 Å². The first-order valence-corrected chi connectivity index (χ1v) is 5.30. The summed E-state index contributed by atoms with van der Waals surface area (Å²) in [6.07, 6.45) is 1.16. The first-order valence-electron chi connectivity index (χ1n) is 5.30.